The molecule has 0 saturated carbocycles. The van der Waals surface area contributed by atoms with Crippen LogP contribution in [-0.4, -0.2) is 12.1 Å². The lowest BCUT2D eigenvalue weighted by atomic mass is 10.3. The van der Waals surface area contributed by atoms with Crippen LogP contribution >= 0.6 is 23.2 Å². The van der Waals surface area contributed by atoms with Crippen molar-refractivity contribution in [1.29, 1.82) is 0 Å². The number of rotatable bonds is 2. The minimum absolute atomic E-state index is 0.0182. The largest absolute Gasteiger partial charge is 0.481 e. The summed E-state index contributed by atoms with van der Waals surface area (Å²) in [6.07, 6.45) is -2.69. The van der Waals surface area contributed by atoms with E-state index in [0.29, 0.717) is 0 Å². The molecule has 1 aromatic rings. The van der Waals surface area contributed by atoms with Crippen LogP contribution in [-0.2, 0) is 0 Å². The Morgan fingerprint density at radius 3 is 2.54 bits per heavy atom. The summed E-state index contributed by atoms with van der Waals surface area (Å²) in [5, 5.41) is -0.422. The maximum absolute atomic E-state index is 12.3. The molecule has 0 aliphatic heterocycles. The number of aromatic nitrogens is 1. The molecule has 1 aromatic heterocycles. The zero-order valence-corrected chi connectivity index (χ0v) is 8.03. The van der Waals surface area contributed by atoms with E-state index in [2.05, 4.69) is 9.72 Å². The Kier molecular flexibility index (Phi) is 3.27. The lowest BCUT2D eigenvalue weighted by Gasteiger charge is -2.06. The Morgan fingerprint density at radius 1 is 1.46 bits per heavy atom. The van der Waals surface area contributed by atoms with Crippen LogP contribution in [0.1, 0.15) is 12.0 Å². The Bertz CT molecular complexity index is 320. The van der Waals surface area contributed by atoms with E-state index in [4.69, 9.17) is 23.2 Å². The quantitative estimate of drug-likeness (QED) is 0.724. The number of pyridine rings is 1. The van der Waals surface area contributed by atoms with Crippen LogP contribution in [0.3, 0.4) is 0 Å². The number of alkyl halides is 2. The van der Waals surface area contributed by atoms with Crippen molar-refractivity contribution in [2.75, 3.05) is 7.11 Å². The van der Waals surface area contributed by atoms with Gasteiger partial charge in [-0.3, -0.25) is 0 Å². The van der Waals surface area contributed by atoms with Gasteiger partial charge in [0.05, 0.1) is 12.1 Å². The number of hydrogen-bond acceptors (Lipinski definition) is 2. The Labute approximate surface area is 83.4 Å². The van der Waals surface area contributed by atoms with Crippen molar-refractivity contribution >= 4 is 23.2 Å². The fourth-order valence-corrected chi connectivity index (χ4v) is 1.13. The molecule has 0 N–H and O–H groups in total. The lowest BCUT2D eigenvalue weighted by molar-refractivity contribution is 0.151. The molecule has 0 aromatic carbocycles. The van der Waals surface area contributed by atoms with Crippen LogP contribution in [0.4, 0.5) is 8.78 Å². The van der Waals surface area contributed by atoms with Gasteiger partial charge in [-0.1, -0.05) is 23.2 Å². The molecule has 0 unspecified atom stereocenters. The van der Waals surface area contributed by atoms with Crippen LogP contribution in [0.5, 0.6) is 5.88 Å². The first-order chi connectivity index (χ1) is 6.06. The molecule has 2 nitrogen and oxygen atoms in total. The monoisotopic (exact) mass is 227 g/mol. The van der Waals surface area contributed by atoms with Crippen molar-refractivity contribution in [3.8, 4) is 5.88 Å². The summed E-state index contributed by atoms with van der Waals surface area (Å²) in [4.78, 5) is 3.61. The summed E-state index contributed by atoms with van der Waals surface area (Å²) in [7, 11) is 1.31. The average Bonchev–Trinajstić information content (AvgIpc) is 2.09. The smallest absolute Gasteiger partial charge is 0.265 e. The van der Waals surface area contributed by atoms with Gasteiger partial charge in [-0.05, 0) is 0 Å². The topological polar surface area (TPSA) is 22.1 Å². The van der Waals surface area contributed by atoms with Gasteiger partial charge in [-0.25, -0.2) is 8.78 Å². The molecule has 1 rings (SSSR count). The van der Waals surface area contributed by atoms with Gasteiger partial charge in [0, 0.05) is 11.6 Å². The molecule has 0 radical (unpaired) electrons. The van der Waals surface area contributed by atoms with E-state index in [9.17, 15) is 8.78 Å². The second-order valence-corrected chi connectivity index (χ2v) is 2.90. The number of halogens is 4. The number of nitrogens with zero attached hydrogens (tertiary/aromatic N) is 1. The van der Waals surface area contributed by atoms with Crippen molar-refractivity contribution < 1.29 is 13.5 Å². The molecule has 0 atom stereocenters. The van der Waals surface area contributed by atoms with Gasteiger partial charge in [0.25, 0.3) is 6.43 Å². The first kappa shape index (κ1) is 10.5. The fourth-order valence-electron chi connectivity index (χ4n) is 0.757. The van der Waals surface area contributed by atoms with Crippen molar-refractivity contribution in [2.24, 2.45) is 0 Å². The summed E-state index contributed by atoms with van der Waals surface area (Å²) in [5.41, 5.74) is -0.376. The lowest BCUT2D eigenvalue weighted by Crippen LogP contribution is -1.94. The minimum Gasteiger partial charge on any atom is -0.481 e. The number of ether oxygens (including phenoxy) is 1. The molecule has 0 aliphatic carbocycles. The predicted octanol–water partition coefficient (Wildman–Crippen LogP) is 3.33. The molecule has 13 heavy (non-hydrogen) atoms. The molecule has 0 spiro atoms. The molecular formula is C7H5Cl2F2NO. The standard InChI is InChI=1S/C7H5Cl2F2NO/c1-13-4-2-3(7(10)11)5(8)6(9)12-4/h2,7H,1H3. The van der Waals surface area contributed by atoms with Crippen molar-refractivity contribution in [3.63, 3.8) is 0 Å². The van der Waals surface area contributed by atoms with E-state index in [-0.39, 0.29) is 21.6 Å². The first-order valence-electron chi connectivity index (χ1n) is 3.24. The average molecular weight is 228 g/mol. The minimum atomic E-state index is -2.69. The van der Waals surface area contributed by atoms with Gasteiger partial charge in [-0.2, -0.15) is 4.98 Å². The van der Waals surface area contributed by atoms with Crippen molar-refractivity contribution in [2.45, 2.75) is 6.43 Å². The molecule has 1 heterocycles. The zero-order chi connectivity index (χ0) is 10.0. The molecule has 0 bridgehead atoms. The Hall–Kier alpha value is -0.610. The van der Waals surface area contributed by atoms with Crippen molar-refractivity contribution in [1.82, 2.24) is 4.98 Å². The van der Waals surface area contributed by atoms with E-state index in [1.165, 1.54) is 7.11 Å². The van der Waals surface area contributed by atoms with Crippen LogP contribution in [0.25, 0.3) is 0 Å². The Morgan fingerprint density at radius 2 is 2.08 bits per heavy atom. The summed E-state index contributed by atoms with van der Waals surface area (Å²) in [6, 6.07) is 1.05. The van der Waals surface area contributed by atoms with Gasteiger partial charge in [0.2, 0.25) is 5.88 Å². The summed E-state index contributed by atoms with van der Waals surface area (Å²) >= 11 is 11.0. The van der Waals surface area contributed by atoms with Gasteiger partial charge in [0.1, 0.15) is 0 Å². The van der Waals surface area contributed by atoms with E-state index in [0.717, 1.165) is 6.07 Å². The van der Waals surface area contributed by atoms with Crippen LogP contribution < -0.4 is 4.74 Å². The molecule has 0 aliphatic rings. The molecule has 0 saturated heterocycles. The zero-order valence-electron chi connectivity index (χ0n) is 6.52. The van der Waals surface area contributed by atoms with E-state index in [1.807, 2.05) is 0 Å². The summed E-state index contributed by atoms with van der Waals surface area (Å²) in [5.74, 6) is 0.0182. The van der Waals surface area contributed by atoms with Gasteiger partial charge < -0.3 is 4.74 Å². The normalized spacial score (nSPS) is 10.6. The summed E-state index contributed by atoms with van der Waals surface area (Å²) < 4.78 is 29.2. The Balaban J connectivity index is 3.25. The summed E-state index contributed by atoms with van der Waals surface area (Å²) in [6.45, 7) is 0. The maximum atomic E-state index is 12.3. The molecule has 6 heteroatoms. The van der Waals surface area contributed by atoms with E-state index in [1.54, 1.807) is 0 Å². The van der Waals surface area contributed by atoms with Gasteiger partial charge in [-0.15, -0.1) is 0 Å². The highest BCUT2D eigenvalue weighted by atomic mass is 35.5. The number of hydrogen-bond donors (Lipinski definition) is 0. The molecule has 0 fully saturated rings. The fraction of sp³-hybridized carbons (Fsp3) is 0.286. The maximum Gasteiger partial charge on any atom is 0.265 e. The molecular weight excluding hydrogens is 223 g/mol. The van der Waals surface area contributed by atoms with Crippen LogP contribution in [0, 0.1) is 0 Å². The first-order valence-corrected chi connectivity index (χ1v) is 4.00. The predicted molar refractivity (Wildman–Crippen MR) is 45.8 cm³/mol. The van der Waals surface area contributed by atoms with Gasteiger partial charge >= 0.3 is 0 Å². The number of methoxy groups -OCH3 is 1. The third-order valence-corrected chi connectivity index (χ3v) is 2.13. The van der Waals surface area contributed by atoms with Crippen LogP contribution in [0.2, 0.25) is 10.2 Å². The highest BCUT2D eigenvalue weighted by Crippen LogP contribution is 2.33. The highest BCUT2D eigenvalue weighted by molar-refractivity contribution is 6.41. The van der Waals surface area contributed by atoms with Crippen molar-refractivity contribution in [3.05, 3.63) is 21.8 Å². The molecule has 0 amide bonds. The second-order valence-electron chi connectivity index (χ2n) is 2.16. The highest BCUT2D eigenvalue weighted by Gasteiger charge is 2.17. The third kappa shape index (κ3) is 2.19. The van der Waals surface area contributed by atoms with E-state index < -0.39 is 6.43 Å². The third-order valence-electron chi connectivity index (χ3n) is 1.37. The van der Waals surface area contributed by atoms with Gasteiger partial charge in [0.15, 0.2) is 5.15 Å². The SMILES string of the molecule is COc1cc(C(F)F)c(Cl)c(Cl)n1. The molecule has 72 valence electrons. The van der Waals surface area contributed by atoms with E-state index >= 15 is 0 Å². The van der Waals surface area contributed by atoms with Crippen LogP contribution in [0.15, 0.2) is 6.07 Å². The second kappa shape index (κ2) is 4.07.